The fraction of sp³-hybridized carbons (Fsp3) is 0.318. The molecule has 0 unspecified atom stereocenters. The van der Waals surface area contributed by atoms with E-state index in [2.05, 4.69) is 26.1 Å². The Labute approximate surface area is 187 Å². The van der Waals surface area contributed by atoms with Crippen LogP contribution in [-0.4, -0.2) is 66.9 Å². The van der Waals surface area contributed by atoms with Gasteiger partial charge in [-0.25, -0.2) is 9.18 Å². The molecule has 0 aromatic heterocycles. The van der Waals surface area contributed by atoms with Crippen molar-refractivity contribution in [2.75, 3.05) is 44.2 Å². The van der Waals surface area contributed by atoms with E-state index in [0.29, 0.717) is 50.3 Å². The summed E-state index contributed by atoms with van der Waals surface area (Å²) in [5.74, 6) is -0.865. The van der Waals surface area contributed by atoms with Gasteiger partial charge in [-0.1, -0.05) is 15.9 Å². The van der Waals surface area contributed by atoms with Crippen molar-refractivity contribution in [2.24, 2.45) is 0 Å². The van der Waals surface area contributed by atoms with Crippen LogP contribution in [-0.2, 0) is 0 Å². The first-order chi connectivity index (χ1) is 14.9. The summed E-state index contributed by atoms with van der Waals surface area (Å²) in [6.45, 7) is 3.09. The number of urea groups is 1. The van der Waals surface area contributed by atoms with Gasteiger partial charge in [0.05, 0.1) is 11.1 Å². The average Bonchev–Trinajstić information content (AvgIpc) is 3.01. The van der Waals surface area contributed by atoms with E-state index in [1.165, 1.54) is 17.0 Å². The highest BCUT2D eigenvalue weighted by atomic mass is 79.9. The second-order valence-electron chi connectivity index (χ2n) is 7.49. The van der Waals surface area contributed by atoms with E-state index in [1.807, 2.05) is 0 Å². The maximum absolute atomic E-state index is 13.1. The van der Waals surface area contributed by atoms with Crippen LogP contribution in [0.1, 0.15) is 27.1 Å². The molecular weight excluding hydrogens is 467 g/mol. The molecule has 1 N–H and O–H groups in total. The molecule has 2 aromatic rings. The molecule has 9 heteroatoms. The summed E-state index contributed by atoms with van der Waals surface area (Å²) in [5, 5.41) is 2.86. The molecule has 0 spiro atoms. The third kappa shape index (κ3) is 4.56. The lowest BCUT2D eigenvalue weighted by atomic mass is 10.1. The molecule has 2 aromatic carbocycles. The molecule has 31 heavy (non-hydrogen) atoms. The van der Waals surface area contributed by atoms with Crippen LogP contribution in [0.5, 0.6) is 0 Å². The first-order valence-corrected chi connectivity index (χ1v) is 10.9. The van der Waals surface area contributed by atoms with Crippen LogP contribution in [0, 0.1) is 5.82 Å². The number of rotatable bonds is 5. The molecule has 0 bridgehead atoms. The van der Waals surface area contributed by atoms with E-state index in [-0.39, 0.29) is 30.2 Å². The zero-order valence-corrected chi connectivity index (χ0v) is 18.4. The maximum Gasteiger partial charge on any atom is 0.317 e. The number of benzene rings is 2. The van der Waals surface area contributed by atoms with E-state index in [1.54, 1.807) is 35.2 Å². The number of carbonyl (C=O) groups is 3. The highest BCUT2D eigenvalue weighted by molar-refractivity contribution is 9.10. The molecule has 162 valence electrons. The molecule has 0 radical (unpaired) electrons. The topological polar surface area (TPSA) is 73.0 Å². The summed E-state index contributed by atoms with van der Waals surface area (Å²) in [4.78, 5) is 42.4. The number of hydrogen-bond donors (Lipinski definition) is 1. The lowest BCUT2D eigenvalue weighted by molar-refractivity contribution is 0.0653. The summed E-state index contributed by atoms with van der Waals surface area (Å²) in [7, 11) is 0. The zero-order valence-electron chi connectivity index (χ0n) is 16.8. The van der Waals surface area contributed by atoms with Gasteiger partial charge in [0, 0.05) is 49.4 Å². The van der Waals surface area contributed by atoms with Crippen LogP contribution in [0.4, 0.5) is 14.9 Å². The Balaban J connectivity index is 1.20. The van der Waals surface area contributed by atoms with Gasteiger partial charge in [-0.15, -0.1) is 0 Å². The largest absolute Gasteiger partial charge is 0.368 e. The summed E-state index contributed by atoms with van der Waals surface area (Å²) in [6, 6.07) is 11.2. The van der Waals surface area contributed by atoms with E-state index < -0.39 is 0 Å². The predicted molar refractivity (Wildman–Crippen MR) is 118 cm³/mol. The Morgan fingerprint density at radius 2 is 1.65 bits per heavy atom. The van der Waals surface area contributed by atoms with Gasteiger partial charge in [0.2, 0.25) is 0 Å². The molecule has 2 aliphatic heterocycles. The first kappa shape index (κ1) is 21.3. The number of piperazine rings is 1. The maximum atomic E-state index is 13.1. The molecule has 0 saturated carbocycles. The van der Waals surface area contributed by atoms with E-state index in [9.17, 15) is 18.8 Å². The molecule has 4 amide bonds. The van der Waals surface area contributed by atoms with Crippen LogP contribution >= 0.6 is 15.9 Å². The summed E-state index contributed by atoms with van der Waals surface area (Å²) in [5.41, 5.74) is 1.76. The third-order valence-corrected chi connectivity index (χ3v) is 6.02. The molecule has 1 saturated heterocycles. The minimum atomic E-state index is -0.301. The average molecular weight is 489 g/mol. The summed E-state index contributed by atoms with van der Waals surface area (Å²) < 4.78 is 13.8. The Bertz CT molecular complexity index is 1010. The van der Waals surface area contributed by atoms with Gasteiger partial charge in [-0.3, -0.25) is 14.5 Å². The van der Waals surface area contributed by atoms with Gasteiger partial charge in [0.1, 0.15) is 5.82 Å². The zero-order chi connectivity index (χ0) is 22.0. The lowest BCUT2D eigenvalue weighted by Gasteiger charge is -2.36. The quantitative estimate of drug-likeness (QED) is 0.518. The number of hydrogen-bond acceptors (Lipinski definition) is 4. The van der Waals surface area contributed by atoms with Gasteiger partial charge >= 0.3 is 6.03 Å². The van der Waals surface area contributed by atoms with Crippen molar-refractivity contribution in [1.82, 2.24) is 15.1 Å². The van der Waals surface area contributed by atoms with E-state index >= 15 is 0 Å². The molecule has 1 fully saturated rings. The van der Waals surface area contributed by atoms with Crippen molar-refractivity contribution in [3.63, 3.8) is 0 Å². The predicted octanol–water partition coefficient (Wildman–Crippen LogP) is 3.11. The summed E-state index contributed by atoms with van der Waals surface area (Å²) in [6.07, 6.45) is 0.480. The van der Waals surface area contributed by atoms with Crippen LogP contribution in [0.3, 0.4) is 0 Å². The standard InChI is InChI=1S/C22H22BrFN4O3/c23-15-2-7-18-19(14-15)21(30)28(20(18)29)9-1-8-25-22(31)27-12-10-26(11-13-27)17-5-3-16(24)4-6-17/h2-7,14H,1,8-13H2,(H,25,31). The molecule has 2 aliphatic rings. The fourth-order valence-corrected chi connectivity index (χ4v) is 4.19. The number of nitrogens with one attached hydrogen (secondary N) is 1. The molecule has 7 nitrogen and oxygen atoms in total. The Kier molecular flexibility index (Phi) is 6.22. The van der Waals surface area contributed by atoms with Crippen molar-refractivity contribution < 1.29 is 18.8 Å². The second kappa shape index (κ2) is 9.05. The number of carbonyl (C=O) groups excluding carboxylic acids is 3. The minimum Gasteiger partial charge on any atom is -0.368 e. The van der Waals surface area contributed by atoms with Crippen molar-refractivity contribution in [3.05, 3.63) is 63.9 Å². The molecule has 0 aliphatic carbocycles. The molecule has 0 atom stereocenters. The van der Waals surface area contributed by atoms with Crippen molar-refractivity contribution >= 4 is 39.5 Å². The Morgan fingerprint density at radius 3 is 2.35 bits per heavy atom. The van der Waals surface area contributed by atoms with E-state index in [4.69, 9.17) is 0 Å². The van der Waals surface area contributed by atoms with Gasteiger partial charge in [-0.05, 0) is 48.9 Å². The number of amides is 4. The van der Waals surface area contributed by atoms with Crippen molar-refractivity contribution in [2.45, 2.75) is 6.42 Å². The normalized spacial score (nSPS) is 16.0. The Morgan fingerprint density at radius 1 is 0.968 bits per heavy atom. The van der Waals surface area contributed by atoms with Crippen LogP contribution in [0.25, 0.3) is 0 Å². The SMILES string of the molecule is O=C(NCCCN1C(=O)c2ccc(Br)cc2C1=O)N1CCN(c2ccc(F)cc2)CC1. The Hall–Kier alpha value is -2.94. The van der Waals surface area contributed by atoms with Gasteiger partial charge in [0.25, 0.3) is 11.8 Å². The number of anilines is 1. The van der Waals surface area contributed by atoms with Crippen LogP contribution in [0.2, 0.25) is 0 Å². The lowest BCUT2D eigenvalue weighted by Crippen LogP contribution is -2.52. The number of imide groups is 1. The van der Waals surface area contributed by atoms with Gasteiger partial charge < -0.3 is 15.1 Å². The number of fused-ring (bicyclic) bond motifs is 1. The van der Waals surface area contributed by atoms with Crippen molar-refractivity contribution in [3.8, 4) is 0 Å². The fourth-order valence-electron chi connectivity index (χ4n) is 3.83. The van der Waals surface area contributed by atoms with E-state index in [0.717, 1.165) is 10.2 Å². The first-order valence-electron chi connectivity index (χ1n) is 10.1. The smallest absolute Gasteiger partial charge is 0.317 e. The highest BCUT2D eigenvalue weighted by Gasteiger charge is 2.35. The van der Waals surface area contributed by atoms with Crippen molar-refractivity contribution in [1.29, 1.82) is 0 Å². The number of halogens is 2. The summed E-state index contributed by atoms with van der Waals surface area (Å²) >= 11 is 3.32. The van der Waals surface area contributed by atoms with Gasteiger partial charge in [0.15, 0.2) is 0 Å². The van der Waals surface area contributed by atoms with Crippen LogP contribution in [0.15, 0.2) is 46.9 Å². The molecule has 2 heterocycles. The van der Waals surface area contributed by atoms with Crippen LogP contribution < -0.4 is 10.2 Å². The number of nitrogens with zero attached hydrogens (tertiary/aromatic N) is 3. The molecular formula is C22H22BrFN4O3. The molecule has 4 rings (SSSR count). The third-order valence-electron chi connectivity index (χ3n) is 5.53. The van der Waals surface area contributed by atoms with Gasteiger partial charge in [-0.2, -0.15) is 0 Å². The minimum absolute atomic E-state index is 0.162. The monoisotopic (exact) mass is 488 g/mol. The highest BCUT2D eigenvalue weighted by Crippen LogP contribution is 2.26. The second-order valence-corrected chi connectivity index (χ2v) is 8.40.